The zero-order chi connectivity index (χ0) is 15.9. The summed E-state index contributed by atoms with van der Waals surface area (Å²) in [4.78, 5) is 0.203. The van der Waals surface area contributed by atoms with Gasteiger partial charge in [0.05, 0.1) is 4.90 Å². The van der Waals surface area contributed by atoms with E-state index in [0.717, 1.165) is 17.7 Å². The second-order valence-corrected chi connectivity index (χ2v) is 7.27. The lowest BCUT2D eigenvalue weighted by molar-refractivity contribution is 0.507. The number of halogens is 2. The van der Waals surface area contributed by atoms with Crippen LogP contribution in [0.2, 0.25) is 0 Å². The van der Waals surface area contributed by atoms with E-state index in [2.05, 4.69) is 4.72 Å². The molecule has 1 aliphatic carbocycles. The molecule has 116 valence electrons. The highest BCUT2D eigenvalue weighted by molar-refractivity contribution is 7.89. The third-order valence-corrected chi connectivity index (χ3v) is 5.31. The molecule has 22 heavy (non-hydrogen) atoms. The lowest BCUT2D eigenvalue weighted by Gasteiger charge is -2.07. The van der Waals surface area contributed by atoms with E-state index < -0.39 is 21.7 Å². The minimum atomic E-state index is -3.59. The van der Waals surface area contributed by atoms with Crippen LogP contribution >= 0.6 is 0 Å². The van der Waals surface area contributed by atoms with Gasteiger partial charge < -0.3 is 0 Å². The lowest BCUT2D eigenvalue weighted by atomic mass is 10.1. The smallest absolute Gasteiger partial charge is 0.207 e. The fraction of sp³-hybridized carbons (Fsp3) is 0.250. The summed E-state index contributed by atoms with van der Waals surface area (Å²) in [5, 5.41) is 0. The van der Waals surface area contributed by atoms with E-state index >= 15 is 0 Å². The third kappa shape index (κ3) is 3.03. The van der Waals surface area contributed by atoms with Crippen molar-refractivity contribution in [2.24, 2.45) is 0 Å². The second-order valence-electron chi connectivity index (χ2n) is 5.56. The molecule has 0 saturated heterocycles. The number of benzene rings is 2. The van der Waals surface area contributed by atoms with Gasteiger partial charge in [-0.05, 0) is 43.2 Å². The Hall–Kier alpha value is -1.79. The third-order valence-electron chi connectivity index (χ3n) is 3.80. The Morgan fingerprint density at radius 2 is 1.73 bits per heavy atom. The van der Waals surface area contributed by atoms with Gasteiger partial charge in [0.1, 0.15) is 0 Å². The van der Waals surface area contributed by atoms with Crippen LogP contribution in [0, 0.1) is 18.6 Å². The first-order chi connectivity index (χ1) is 10.4. The van der Waals surface area contributed by atoms with Crippen molar-refractivity contribution in [1.82, 2.24) is 4.72 Å². The van der Waals surface area contributed by atoms with E-state index in [9.17, 15) is 17.2 Å². The Morgan fingerprint density at radius 3 is 2.36 bits per heavy atom. The van der Waals surface area contributed by atoms with Gasteiger partial charge >= 0.3 is 0 Å². The van der Waals surface area contributed by atoms with Crippen LogP contribution in [-0.2, 0) is 10.0 Å². The van der Waals surface area contributed by atoms with Crippen LogP contribution in [0.15, 0.2) is 47.4 Å². The maximum atomic E-state index is 13.2. The van der Waals surface area contributed by atoms with Gasteiger partial charge in [-0.25, -0.2) is 21.9 Å². The molecular weight excluding hydrogens is 308 g/mol. The molecule has 1 aliphatic rings. The predicted molar refractivity (Wildman–Crippen MR) is 79.0 cm³/mol. The molecule has 0 unspecified atom stereocenters. The zero-order valence-corrected chi connectivity index (χ0v) is 12.7. The van der Waals surface area contributed by atoms with Crippen molar-refractivity contribution >= 4 is 10.0 Å². The molecule has 1 N–H and O–H groups in total. The molecule has 6 heteroatoms. The predicted octanol–water partition coefficient (Wildman–Crippen LogP) is 3.11. The molecule has 0 aliphatic heterocycles. The number of rotatable bonds is 4. The molecule has 2 aromatic carbocycles. The monoisotopic (exact) mass is 323 g/mol. The zero-order valence-electron chi connectivity index (χ0n) is 11.9. The Kier molecular flexibility index (Phi) is 3.74. The van der Waals surface area contributed by atoms with Gasteiger partial charge in [-0.1, -0.05) is 23.8 Å². The SMILES string of the molecule is Cc1ccc(S(=O)(=O)N[C@@H]2C[C@H]2c2ccc(F)c(F)c2)cc1. The van der Waals surface area contributed by atoms with Crippen molar-refractivity contribution in [1.29, 1.82) is 0 Å². The molecule has 3 rings (SSSR count). The molecule has 1 fully saturated rings. The average Bonchev–Trinajstić information content (AvgIpc) is 3.21. The number of hydrogen-bond acceptors (Lipinski definition) is 2. The number of aryl methyl sites for hydroxylation is 1. The van der Waals surface area contributed by atoms with Crippen molar-refractivity contribution in [2.75, 3.05) is 0 Å². The summed E-state index contributed by atoms with van der Waals surface area (Å²) in [6, 6.07) is 9.95. The van der Waals surface area contributed by atoms with Crippen molar-refractivity contribution in [2.45, 2.75) is 30.2 Å². The van der Waals surface area contributed by atoms with E-state index in [1.165, 1.54) is 6.07 Å². The average molecular weight is 323 g/mol. The molecule has 0 radical (unpaired) electrons. The Morgan fingerprint density at radius 1 is 1.05 bits per heavy atom. The Labute approximate surface area is 128 Å². The van der Waals surface area contributed by atoms with Crippen LogP contribution in [0.4, 0.5) is 8.78 Å². The molecule has 2 aromatic rings. The van der Waals surface area contributed by atoms with Crippen molar-refractivity contribution in [3.63, 3.8) is 0 Å². The van der Waals surface area contributed by atoms with Crippen LogP contribution < -0.4 is 4.72 Å². The maximum absolute atomic E-state index is 13.2. The van der Waals surface area contributed by atoms with Crippen molar-refractivity contribution in [3.05, 3.63) is 65.2 Å². The summed E-state index contributed by atoms with van der Waals surface area (Å²) in [7, 11) is -3.59. The molecule has 1 saturated carbocycles. The minimum Gasteiger partial charge on any atom is -0.207 e. The highest BCUT2D eigenvalue weighted by atomic mass is 32.2. The molecular formula is C16H15F2NO2S. The fourth-order valence-corrected chi connectivity index (χ4v) is 3.71. The Bertz CT molecular complexity index is 803. The number of hydrogen-bond donors (Lipinski definition) is 1. The fourth-order valence-electron chi connectivity index (χ4n) is 2.42. The van der Waals surface area contributed by atoms with E-state index in [1.54, 1.807) is 24.3 Å². The van der Waals surface area contributed by atoms with Gasteiger partial charge in [-0.2, -0.15) is 0 Å². The van der Waals surface area contributed by atoms with E-state index in [4.69, 9.17) is 0 Å². The summed E-state index contributed by atoms with van der Waals surface area (Å²) < 4.78 is 53.2. The Balaban J connectivity index is 1.72. The van der Waals surface area contributed by atoms with Crippen molar-refractivity contribution < 1.29 is 17.2 Å². The highest BCUT2D eigenvalue weighted by Gasteiger charge is 2.41. The van der Waals surface area contributed by atoms with Crippen molar-refractivity contribution in [3.8, 4) is 0 Å². The molecule has 0 aromatic heterocycles. The van der Waals surface area contributed by atoms with E-state index in [-0.39, 0.29) is 16.9 Å². The molecule has 0 spiro atoms. The van der Waals surface area contributed by atoms with E-state index in [0.29, 0.717) is 12.0 Å². The van der Waals surface area contributed by atoms with Gasteiger partial charge in [0, 0.05) is 12.0 Å². The summed E-state index contributed by atoms with van der Waals surface area (Å²) >= 11 is 0. The van der Waals surface area contributed by atoms with E-state index in [1.807, 2.05) is 6.92 Å². The van der Waals surface area contributed by atoms with Gasteiger partial charge in [-0.15, -0.1) is 0 Å². The molecule has 2 atom stereocenters. The van der Waals surface area contributed by atoms with Crippen LogP contribution in [-0.4, -0.2) is 14.5 Å². The summed E-state index contributed by atoms with van der Waals surface area (Å²) in [5.74, 6) is -1.93. The van der Waals surface area contributed by atoms with Gasteiger partial charge in [0.2, 0.25) is 10.0 Å². The lowest BCUT2D eigenvalue weighted by Crippen LogP contribution is -2.26. The van der Waals surface area contributed by atoms with Gasteiger partial charge in [0.15, 0.2) is 11.6 Å². The number of sulfonamides is 1. The largest absolute Gasteiger partial charge is 0.240 e. The molecule has 0 amide bonds. The van der Waals surface area contributed by atoms with Crippen LogP contribution in [0.1, 0.15) is 23.5 Å². The first-order valence-corrected chi connectivity index (χ1v) is 8.39. The van der Waals surface area contributed by atoms with Gasteiger partial charge in [-0.3, -0.25) is 0 Å². The topological polar surface area (TPSA) is 46.2 Å². The highest BCUT2D eigenvalue weighted by Crippen LogP contribution is 2.41. The summed E-state index contributed by atoms with van der Waals surface area (Å²) in [6.45, 7) is 1.88. The maximum Gasteiger partial charge on any atom is 0.240 e. The summed E-state index contributed by atoms with van der Waals surface area (Å²) in [6.07, 6.45) is 0.580. The van der Waals surface area contributed by atoms with Gasteiger partial charge in [0.25, 0.3) is 0 Å². The molecule has 0 bridgehead atoms. The normalized spacial score (nSPS) is 20.9. The quantitative estimate of drug-likeness (QED) is 0.940. The summed E-state index contributed by atoms with van der Waals surface area (Å²) in [5.41, 5.74) is 1.58. The standard InChI is InChI=1S/C16H15F2NO2S/c1-10-2-5-12(6-3-10)22(20,21)19-16-9-13(16)11-4-7-14(17)15(18)8-11/h2-8,13,16,19H,9H2,1H3/t13-,16+/m0/s1. The van der Waals surface area contributed by atoms with Crippen LogP contribution in [0.3, 0.4) is 0 Å². The van der Waals surface area contributed by atoms with Crippen LogP contribution in [0.5, 0.6) is 0 Å². The number of nitrogens with one attached hydrogen (secondary N) is 1. The second kappa shape index (κ2) is 5.44. The first-order valence-electron chi connectivity index (χ1n) is 6.91. The van der Waals surface area contributed by atoms with Crippen LogP contribution in [0.25, 0.3) is 0 Å². The molecule has 3 nitrogen and oxygen atoms in total. The molecule has 0 heterocycles. The first kappa shape index (κ1) is 15.1. The minimum absolute atomic E-state index is 0.115.